The number of rotatable bonds is 2. The van der Waals surface area contributed by atoms with E-state index in [0.717, 1.165) is 24.8 Å². The summed E-state index contributed by atoms with van der Waals surface area (Å²) in [5.74, 6) is 0. The molecule has 1 N–H and O–H groups in total. The fourth-order valence-corrected chi connectivity index (χ4v) is 4.33. The Hall–Kier alpha value is -0.910. The van der Waals surface area contributed by atoms with E-state index in [9.17, 15) is 13.5 Å². The van der Waals surface area contributed by atoms with Crippen LogP contribution in [-0.2, 0) is 22.9 Å². The number of aryl methyl sites for hydroxylation is 2. The Bertz CT molecular complexity index is 568. The van der Waals surface area contributed by atoms with Gasteiger partial charge in [0.2, 0.25) is 10.0 Å². The predicted molar refractivity (Wildman–Crippen MR) is 67.8 cm³/mol. The molecule has 0 unspecified atom stereocenters. The second-order valence-corrected chi connectivity index (χ2v) is 7.03. The molecule has 1 aromatic rings. The lowest BCUT2D eigenvalue weighted by Gasteiger charge is -2.16. The van der Waals surface area contributed by atoms with E-state index in [4.69, 9.17) is 0 Å². The summed E-state index contributed by atoms with van der Waals surface area (Å²) in [5.41, 5.74) is 2.44. The minimum absolute atomic E-state index is 0.222. The third kappa shape index (κ3) is 1.96. The van der Waals surface area contributed by atoms with Gasteiger partial charge in [-0.2, -0.15) is 4.31 Å². The van der Waals surface area contributed by atoms with Gasteiger partial charge in [0.15, 0.2) is 0 Å². The molecule has 2 aliphatic rings. The topological polar surface area (TPSA) is 57.6 Å². The monoisotopic (exact) mass is 267 g/mol. The summed E-state index contributed by atoms with van der Waals surface area (Å²) >= 11 is 0. The number of nitrogens with zero attached hydrogens (tertiary/aromatic N) is 1. The lowest BCUT2D eigenvalue weighted by atomic mass is 10.1. The van der Waals surface area contributed by atoms with Crippen LogP contribution in [0.4, 0.5) is 0 Å². The van der Waals surface area contributed by atoms with Crippen LogP contribution in [0.25, 0.3) is 0 Å². The van der Waals surface area contributed by atoms with Crippen molar-refractivity contribution in [3.63, 3.8) is 0 Å². The average molecular weight is 267 g/mol. The number of benzene rings is 1. The van der Waals surface area contributed by atoms with Gasteiger partial charge in [0.1, 0.15) is 0 Å². The summed E-state index contributed by atoms with van der Waals surface area (Å²) in [6.07, 6.45) is 3.15. The van der Waals surface area contributed by atoms with Crippen LogP contribution in [0, 0.1) is 0 Å². The largest absolute Gasteiger partial charge is 0.392 e. The van der Waals surface area contributed by atoms with Gasteiger partial charge in [0, 0.05) is 13.1 Å². The van der Waals surface area contributed by atoms with Gasteiger partial charge in [-0.3, -0.25) is 0 Å². The molecule has 3 rings (SSSR count). The molecule has 5 heteroatoms. The molecule has 1 atom stereocenters. The highest BCUT2D eigenvalue weighted by molar-refractivity contribution is 7.89. The zero-order chi connectivity index (χ0) is 12.8. The lowest BCUT2D eigenvalue weighted by molar-refractivity contribution is 0.189. The Morgan fingerprint density at radius 2 is 2.00 bits per heavy atom. The van der Waals surface area contributed by atoms with Crippen molar-refractivity contribution in [2.75, 3.05) is 13.1 Å². The first-order valence-electron chi connectivity index (χ1n) is 6.37. The molecule has 1 aromatic carbocycles. The second kappa shape index (κ2) is 4.33. The number of sulfonamides is 1. The van der Waals surface area contributed by atoms with E-state index in [0.29, 0.717) is 17.9 Å². The molecule has 0 saturated carbocycles. The number of aliphatic hydroxyl groups is 1. The maximum absolute atomic E-state index is 12.4. The molecule has 98 valence electrons. The van der Waals surface area contributed by atoms with Gasteiger partial charge in [0.05, 0.1) is 11.0 Å². The molecule has 1 fully saturated rings. The number of β-amino-alcohol motifs (C(OH)–C–C–N with tert-alkyl or cyclic N) is 1. The highest BCUT2D eigenvalue weighted by Gasteiger charge is 2.32. The van der Waals surface area contributed by atoms with Crippen molar-refractivity contribution in [3.05, 3.63) is 29.3 Å². The lowest BCUT2D eigenvalue weighted by Crippen LogP contribution is -2.29. The predicted octanol–water partition coefficient (Wildman–Crippen LogP) is 0.931. The van der Waals surface area contributed by atoms with Crippen molar-refractivity contribution in [2.45, 2.75) is 36.7 Å². The van der Waals surface area contributed by atoms with Gasteiger partial charge < -0.3 is 5.11 Å². The van der Waals surface area contributed by atoms with Gasteiger partial charge >= 0.3 is 0 Å². The molecule has 4 nitrogen and oxygen atoms in total. The van der Waals surface area contributed by atoms with Crippen molar-refractivity contribution in [1.82, 2.24) is 4.31 Å². The van der Waals surface area contributed by atoms with Gasteiger partial charge in [-0.1, -0.05) is 6.07 Å². The minimum atomic E-state index is -3.42. The molecule has 0 amide bonds. The van der Waals surface area contributed by atoms with E-state index in [1.807, 2.05) is 12.1 Å². The van der Waals surface area contributed by atoms with Crippen LogP contribution in [0.1, 0.15) is 24.0 Å². The van der Waals surface area contributed by atoms with E-state index in [1.165, 1.54) is 9.87 Å². The van der Waals surface area contributed by atoms with Crippen LogP contribution in [0.3, 0.4) is 0 Å². The fourth-order valence-electron chi connectivity index (χ4n) is 2.79. The first-order chi connectivity index (χ1) is 8.57. The van der Waals surface area contributed by atoms with Crippen LogP contribution >= 0.6 is 0 Å². The van der Waals surface area contributed by atoms with Crippen LogP contribution < -0.4 is 0 Å². The van der Waals surface area contributed by atoms with E-state index in [-0.39, 0.29) is 6.54 Å². The number of hydrogen-bond acceptors (Lipinski definition) is 3. The Morgan fingerprint density at radius 3 is 2.72 bits per heavy atom. The molecule has 0 aromatic heterocycles. The highest BCUT2D eigenvalue weighted by atomic mass is 32.2. The Balaban J connectivity index is 1.94. The van der Waals surface area contributed by atoms with Crippen molar-refractivity contribution < 1.29 is 13.5 Å². The zero-order valence-electron chi connectivity index (χ0n) is 10.2. The molecule has 0 radical (unpaired) electrons. The number of fused-ring (bicyclic) bond motifs is 1. The molecule has 1 aliphatic carbocycles. The molecule has 1 heterocycles. The van der Waals surface area contributed by atoms with Crippen molar-refractivity contribution in [2.24, 2.45) is 0 Å². The Kier molecular flexibility index (Phi) is 2.92. The van der Waals surface area contributed by atoms with Gasteiger partial charge in [-0.15, -0.1) is 0 Å². The summed E-state index contributed by atoms with van der Waals surface area (Å²) in [6, 6.07) is 5.44. The molecule has 18 heavy (non-hydrogen) atoms. The summed E-state index contributed by atoms with van der Waals surface area (Å²) in [5, 5.41) is 9.46. The van der Waals surface area contributed by atoms with E-state index < -0.39 is 16.1 Å². The van der Waals surface area contributed by atoms with Crippen LogP contribution in [0.5, 0.6) is 0 Å². The molecule has 0 bridgehead atoms. The van der Waals surface area contributed by atoms with Crippen molar-refractivity contribution in [1.29, 1.82) is 0 Å². The first-order valence-corrected chi connectivity index (χ1v) is 7.81. The zero-order valence-corrected chi connectivity index (χ0v) is 11.0. The summed E-state index contributed by atoms with van der Waals surface area (Å²) in [7, 11) is -3.42. The molecule has 1 aliphatic heterocycles. The van der Waals surface area contributed by atoms with Crippen LogP contribution in [0.2, 0.25) is 0 Å². The molecule has 1 saturated heterocycles. The van der Waals surface area contributed by atoms with Gasteiger partial charge in [-0.25, -0.2) is 8.42 Å². The van der Waals surface area contributed by atoms with Gasteiger partial charge in [0.25, 0.3) is 0 Å². The fraction of sp³-hybridized carbons (Fsp3) is 0.538. The maximum atomic E-state index is 12.4. The molecular formula is C13H17NO3S. The standard InChI is InChI=1S/C13H17NO3S/c15-12-6-7-14(9-12)18(16,17)13-5-4-10-2-1-3-11(10)8-13/h4-5,8,12,15H,1-3,6-7,9H2/t12-/m1/s1. The third-order valence-electron chi connectivity index (χ3n) is 3.83. The normalized spacial score (nSPS) is 24.4. The second-order valence-electron chi connectivity index (χ2n) is 5.09. The quantitative estimate of drug-likeness (QED) is 0.867. The van der Waals surface area contributed by atoms with Crippen molar-refractivity contribution >= 4 is 10.0 Å². The summed E-state index contributed by atoms with van der Waals surface area (Å²) in [4.78, 5) is 0.372. The summed E-state index contributed by atoms with van der Waals surface area (Å²) in [6.45, 7) is 0.639. The van der Waals surface area contributed by atoms with Crippen LogP contribution in [-0.4, -0.2) is 37.0 Å². The van der Waals surface area contributed by atoms with Crippen molar-refractivity contribution in [3.8, 4) is 0 Å². The Labute approximate surface area is 107 Å². The Morgan fingerprint density at radius 1 is 1.22 bits per heavy atom. The average Bonchev–Trinajstić information content (AvgIpc) is 2.96. The van der Waals surface area contributed by atoms with E-state index in [1.54, 1.807) is 6.07 Å². The maximum Gasteiger partial charge on any atom is 0.243 e. The van der Waals surface area contributed by atoms with Crippen LogP contribution in [0.15, 0.2) is 23.1 Å². The number of aliphatic hydroxyl groups excluding tert-OH is 1. The van der Waals surface area contributed by atoms with E-state index in [2.05, 4.69) is 0 Å². The van der Waals surface area contributed by atoms with E-state index >= 15 is 0 Å². The molecular weight excluding hydrogens is 250 g/mol. The summed E-state index contributed by atoms with van der Waals surface area (Å²) < 4.78 is 26.2. The van der Waals surface area contributed by atoms with Gasteiger partial charge in [-0.05, 0) is 48.9 Å². The minimum Gasteiger partial charge on any atom is -0.392 e. The highest BCUT2D eigenvalue weighted by Crippen LogP contribution is 2.27. The number of hydrogen-bond donors (Lipinski definition) is 1. The first kappa shape index (κ1) is 12.1. The smallest absolute Gasteiger partial charge is 0.243 e. The molecule has 0 spiro atoms. The third-order valence-corrected chi connectivity index (χ3v) is 5.69. The SMILES string of the molecule is O=S(=O)(c1ccc2c(c1)CCC2)N1CC[C@@H](O)C1.